The number of hydrogen-bond acceptors (Lipinski definition) is 6. The highest BCUT2D eigenvalue weighted by atomic mass is 16.4. The average molecular weight is 420 g/mol. The van der Waals surface area contributed by atoms with Crippen LogP contribution in [0.5, 0.6) is 0 Å². The van der Waals surface area contributed by atoms with Gasteiger partial charge >= 0.3 is 5.97 Å². The van der Waals surface area contributed by atoms with Crippen molar-refractivity contribution in [3.63, 3.8) is 0 Å². The zero-order valence-electron chi connectivity index (χ0n) is 17.7. The van der Waals surface area contributed by atoms with Crippen molar-refractivity contribution in [2.45, 2.75) is 19.9 Å². The lowest BCUT2D eigenvalue weighted by molar-refractivity contribution is -0.136. The van der Waals surface area contributed by atoms with E-state index in [4.69, 9.17) is 10.8 Å². The number of aliphatic carboxylic acids is 1. The molecule has 0 spiro atoms. The van der Waals surface area contributed by atoms with Crippen LogP contribution in [0.25, 0.3) is 0 Å². The molecule has 0 radical (unpaired) electrons. The molecule has 0 unspecified atom stereocenters. The van der Waals surface area contributed by atoms with Crippen LogP contribution in [0, 0.1) is 0 Å². The summed E-state index contributed by atoms with van der Waals surface area (Å²) >= 11 is 0. The van der Waals surface area contributed by atoms with E-state index >= 15 is 0 Å². The number of nitrogens with zero attached hydrogens (tertiary/aromatic N) is 3. The molecule has 0 fully saturated rings. The summed E-state index contributed by atoms with van der Waals surface area (Å²) in [5.41, 5.74) is 10.3. The quantitative estimate of drug-likeness (QED) is 0.454. The maximum Gasteiger partial charge on any atom is 0.307 e. The molecular formula is C24H29N5O2. The summed E-state index contributed by atoms with van der Waals surface area (Å²) in [6.45, 7) is 7.45. The van der Waals surface area contributed by atoms with Crippen molar-refractivity contribution < 1.29 is 9.90 Å². The third kappa shape index (κ3) is 9.10. The third-order valence-electron chi connectivity index (χ3n) is 4.26. The Hall–Kier alpha value is -3.71. The first kappa shape index (κ1) is 23.6. The molecule has 2 aromatic rings. The smallest absolute Gasteiger partial charge is 0.307 e. The highest BCUT2D eigenvalue weighted by molar-refractivity contribution is 5.96. The minimum Gasteiger partial charge on any atom is -0.481 e. The Bertz CT molecular complexity index is 934. The molecular weight excluding hydrogens is 390 g/mol. The first-order chi connectivity index (χ1) is 15.0. The van der Waals surface area contributed by atoms with Crippen molar-refractivity contribution in [1.29, 1.82) is 0 Å². The fraction of sp³-hybridized carbons (Fsp3) is 0.208. The standard InChI is InChI=1S/C24H29N5O2/c1-3-12-26-21(4-2)17-29(18-23-7-5-6-13-27-23)16-20(25)15-28-22-10-8-19(9-11-22)14-24(30)31/h3-13,15,28H,2,14,16-18,25H2,1H3,(H,30,31)/b12-3-,20-15-,26-21?. The van der Waals surface area contributed by atoms with Gasteiger partial charge in [-0.15, -0.1) is 0 Å². The number of nitrogens with two attached hydrogens (primary N) is 1. The summed E-state index contributed by atoms with van der Waals surface area (Å²) in [5.74, 6) is -0.852. The van der Waals surface area contributed by atoms with Crippen molar-refractivity contribution in [3.8, 4) is 0 Å². The lowest BCUT2D eigenvalue weighted by Gasteiger charge is -2.22. The molecule has 0 aliphatic carbocycles. The summed E-state index contributed by atoms with van der Waals surface area (Å²) in [7, 11) is 0. The molecule has 0 saturated heterocycles. The number of anilines is 1. The topological polar surface area (TPSA) is 104 Å². The molecule has 4 N–H and O–H groups in total. The Morgan fingerprint density at radius 2 is 2.03 bits per heavy atom. The second-order valence-corrected chi connectivity index (χ2v) is 6.90. The van der Waals surface area contributed by atoms with Crippen molar-refractivity contribution in [2.75, 3.05) is 18.4 Å². The minimum absolute atomic E-state index is 0.00114. The lowest BCUT2D eigenvalue weighted by atomic mass is 10.1. The number of pyridine rings is 1. The summed E-state index contributed by atoms with van der Waals surface area (Å²) in [6, 6.07) is 13.0. The summed E-state index contributed by atoms with van der Waals surface area (Å²) in [5, 5.41) is 12.0. The molecule has 1 aromatic heterocycles. The van der Waals surface area contributed by atoms with Crippen LogP contribution in [0.1, 0.15) is 18.2 Å². The van der Waals surface area contributed by atoms with Gasteiger partial charge in [0.25, 0.3) is 0 Å². The Balaban J connectivity index is 2.06. The van der Waals surface area contributed by atoms with Gasteiger partial charge in [0, 0.05) is 49.6 Å². The van der Waals surface area contributed by atoms with Crippen LogP contribution in [0.3, 0.4) is 0 Å². The normalized spacial score (nSPS) is 12.3. The van der Waals surface area contributed by atoms with E-state index in [1.54, 1.807) is 36.8 Å². The largest absolute Gasteiger partial charge is 0.481 e. The number of nitrogens with one attached hydrogen (secondary N) is 1. The molecule has 7 heteroatoms. The van der Waals surface area contributed by atoms with Gasteiger partial charge in [-0.05, 0) is 42.8 Å². The van der Waals surface area contributed by atoms with E-state index in [1.807, 2.05) is 43.3 Å². The Morgan fingerprint density at radius 1 is 1.26 bits per heavy atom. The SMILES string of the molecule is C=CC(CN(C/C(N)=C/Nc1ccc(CC(=O)O)cc1)Cc1ccccn1)=N/C=C\C. The monoisotopic (exact) mass is 419 g/mol. The molecule has 0 aliphatic rings. The van der Waals surface area contributed by atoms with Crippen LogP contribution in [-0.4, -0.2) is 39.8 Å². The van der Waals surface area contributed by atoms with Crippen LogP contribution in [0.2, 0.25) is 0 Å². The van der Waals surface area contributed by atoms with Crippen LogP contribution < -0.4 is 11.1 Å². The summed E-state index contributed by atoms with van der Waals surface area (Å²) < 4.78 is 0. The number of aromatic nitrogens is 1. The number of allylic oxidation sites excluding steroid dienone is 1. The second kappa shape index (κ2) is 12.8. The number of aliphatic imine (C=N–C) groups is 1. The zero-order chi connectivity index (χ0) is 22.5. The second-order valence-electron chi connectivity index (χ2n) is 6.90. The van der Waals surface area contributed by atoms with E-state index in [0.717, 1.165) is 22.7 Å². The van der Waals surface area contributed by atoms with Crippen molar-refractivity contribution in [3.05, 3.63) is 96.7 Å². The van der Waals surface area contributed by atoms with Crippen LogP contribution in [0.15, 0.2) is 90.5 Å². The molecule has 0 aliphatic heterocycles. The van der Waals surface area contributed by atoms with Gasteiger partial charge in [0.2, 0.25) is 0 Å². The van der Waals surface area contributed by atoms with Gasteiger partial charge in [-0.3, -0.25) is 19.7 Å². The minimum atomic E-state index is -0.852. The third-order valence-corrected chi connectivity index (χ3v) is 4.26. The molecule has 31 heavy (non-hydrogen) atoms. The Labute approximate surface area is 183 Å². The van der Waals surface area contributed by atoms with Gasteiger partial charge in [-0.2, -0.15) is 0 Å². The number of carboxylic acids is 1. The fourth-order valence-electron chi connectivity index (χ4n) is 2.82. The average Bonchev–Trinajstić information content (AvgIpc) is 2.76. The first-order valence-electron chi connectivity index (χ1n) is 9.94. The number of carbonyl (C=O) groups is 1. The molecule has 1 heterocycles. The summed E-state index contributed by atoms with van der Waals surface area (Å²) in [4.78, 5) is 21.7. The van der Waals surface area contributed by atoms with E-state index in [-0.39, 0.29) is 6.42 Å². The molecule has 2 rings (SSSR count). The van der Waals surface area contributed by atoms with Crippen LogP contribution in [-0.2, 0) is 17.8 Å². The van der Waals surface area contributed by atoms with E-state index in [2.05, 4.69) is 26.8 Å². The van der Waals surface area contributed by atoms with Crippen molar-refractivity contribution >= 4 is 17.4 Å². The van der Waals surface area contributed by atoms with Crippen molar-refractivity contribution in [1.82, 2.24) is 9.88 Å². The molecule has 162 valence electrons. The predicted octanol–water partition coefficient (Wildman–Crippen LogP) is 3.58. The molecule has 0 bridgehead atoms. The van der Waals surface area contributed by atoms with Gasteiger partial charge in [-0.1, -0.05) is 30.9 Å². The number of benzene rings is 1. The molecule has 7 nitrogen and oxygen atoms in total. The van der Waals surface area contributed by atoms with Gasteiger partial charge in [0.15, 0.2) is 0 Å². The maximum atomic E-state index is 10.8. The predicted molar refractivity (Wildman–Crippen MR) is 126 cm³/mol. The molecule has 0 amide bonds. The zero-order valence-corrected chi connectivity index (χ0v) is 17.7. The lowest BCUT2D eigenvalue weighted by Crippen LogP contribution is -2.33. The Kier molecular flexibility index (Phi) is 9.71. The number of carboxylic acid groups (broad SMARTS) is 1. The highest BCUT2D eigenvalue weighted by Crippen LogP contribution is 2.11. The van der Waals surface area contributed by atoms with Crippen molar-refractivity contribution in [2.24, 2.45) is 10.7 Å². The van der Waals surface area contributed by atoms with E-state index in [0.29, 0.717) is 25.3 Å². The van der Waals surface area contributed by atoms with Gasteiger partial charge in [0.1, 0.15) is 0 Å². The van der Waals surface area contributed by atoms with Gasteiger partial charge < -0.3 is 16.2 Å². The summed E-state index contributed by atoms with van der Waals surface area (Å²) in [6.07, 6.45) is 8.86. The number of hydrogen-bond donors (Lipinski definition) is 3. The van der Waals surface area contributed by atoms with Gasteiger partial charge in [0.05, 0.1) is 17.8 Å². The molecule has 0 saturated carbocycles. The first-order valence-corrected chi connectivity index (χ1v) is 9.94. The molecule has 1 aromatic carbocycles. The van der Waals surface area contributed by atoms with E-state index < -0.39 is 5.97 Å². The fourth-order valence-corrected chi connectivity index (χ4v) is 2.82. The highest BCUT2D eigenvalue weighted by Gasteiger charge is 2.10. The van der Waals surface area contributed by atoms with Crippen LogP contribution >= 0.6 is 0 Å². The Morgan fingerprint density at radius 3 is 2.65 bits per heavy atom. The van der Waals surface area contributed by atoms with Gasteiger partial charge in [-0.25, -0.2) is 0 Å². The molecule has 0 atom stereocenters. The van der Waals surface area contributed by atoms with Crippen LogP contribution in [0.4, 0.5) is 5.69 Å². The van der Waals surface area contributed by atoms with E-state index in [1.165, 1.54) is 0 Å². The van der Waals surface area contributed by atoms with E-state index in [9.17, 15) is 4.79 Å². The number of rotatable bonds is 12. The maximum absolute atomic E-state index is 10.8.